The van der Waals surface area contributed by atoms with Crippen molar-refractivity contribution in [2.75, 3.05) is 13.2 Å². The third kappa shape index (κ3) is 5.31. The van der Waals surface area contributed by atoms with Crippen molar-refractivity contribution < 1.29 is 10.2 Å². The molecule has 96 valence electrons. The van der Waals surface area contributed by atoms with Crippen LogP contribution in [0.15, 0.2) is 24.3 Å². The lowest BCUT2D eigenvalue weighted by molar-refractivity contribution is 0.170. The van der Waals surface area contributed by atoms with Gasteiger partial charge in [-0.1, -0.05) is 30.7 Å². The minimum absolute atomic E-state index is 0.273. The molecular formula is C14H23NO2. The summed E-state index contributed by atoms with van der Waals surface area (Å²) in [5.74, 6) is 0. The van der Waals surface area contributed by atoms with Crippen molar-refractivity contribution in [2.45, 2.75) is 38.2 Å². The van der Waals surface area contributed by atoms with Crippen LogP contribution in [0, 0.1) is 0 Å². The van der Waals surface area contributed by atoms with E-state index in [1.165, 1.54) is 5.56 Å². The molecule has 1 aromatic rings. The number of benzene rings is 1. The largest absolute Gasteiger partial charge is 0.396 e. The summed E-state index contributed by atoms with van der Waals surface area (Å²) in [6.07, 6.45) is 4.16. The zero-order valence-electron chi connectivity index (χ0n) is 10.3. The predicted molar refractivity (Wildman–Crippen MR) is 69.7 cm³/mol. The lowest BCUT2D eigenvalue weighted by atomic mass is 10.0. The zero-order chi connectivity index (χ0) is 12.5. The third-order valence-corrected chi connectivity index (χ3v) is 2.90. The van der Waals surface area contributed by atoms with Gasteiger partial charge in [-0.15, -0.1) is 0 Å². The SMILES string of the molecule is NCCC(O)c1cccc(CCCCCO)c1. The number of hydrogen-bond acceptors (Lipinski definition) is 3. The van der Waals surface area contributed by atoms with E-state index in [2.05, 4.69) is 12.1 Å². The maximum Gasteiger partial charge on any atom is 0.0802 e. The summed E-state index contributed by atoms with van der Waals surface area (Å²) < 4.78 is 0. The monoisotopic (exact) mass is 237 g/mol. The summed E-state index contributed by atoms with van der Waals surface area (Å²) in [6, 6.07) is 8.06. The fourth-order valence-electron chi connectivity index (χ4n) is 1.90. The Morgan fingerprint density at radius 2 is 2.00 bits per heavy atom. The summed E-state index contributed by atoms with van der Waals surface area (Å²) in [4.78, 5) is 0. The van der Waals surface area contributed by atoms with E-state index in [0.717, 1.165) is 31.2 Å². The molecule has 0 aliphatic carbocycles. The Balaban J connectivity index is 2.47. The first-order valence-corrected chi connectivity index (χ1v) is 6.35. The van der Waals surface area contributed by atoms with E-state index in [4.69, 9.17) is 10.8 Å². The van der Waals surface area contributed by atoms with Gasteiger partial charge in [-0.05, 0) is 43.4 Å². The van der Waals surface area contributed by atoms with Crippen molar-refractivity contribution in [1.82, 2.24) is 0 Å². The molecule has 3 heteroatoms. The molecule has 3 nitrogen and oxygen atoms in total. The van der Waals surface area contributed by atoms with E-state index in [-0.39, 0.29) is 6.61 Å². The van der Waals surface area contributed by atoms with Gasteiger partial charge in [0.1, 0.15) is 0 Å². The normalized spacial score (nSPS) is 12.6. The Bertz CT molecular complexity index is 315. The van der Waals surface area contributed by atoms with Gasteiger partial charge < -0.3 is 15.9 Å². The quantitative estimate of drug-likeness (QED) is 0.604. The first kappa shape index (κ1) is 14.2. The highest BCUT2D eigenvalue weighted by Crippen LogP contribution is 2.18. The van der Waals surface area contributed by atoms with E-state index in [1.807, 2.05) is 12.1 Å². The lowest BCUT2D eigenvalue weighted by Gasteiger charge is -2.11. The average molecular weight is 237 g/mol. The Morgan fingerprint density at radius 3 is 2.71 bits per heavy atom. The molecule has 0 aromatic heterocycles. The van der Waals surface area contributed by atoms with Gasteiger partial charge >= 0.3 is 0 Å². The maximum absolute atomic E-state index is 9.84. The molecule has 1 aromatic carbocycles. The van der Waals surface area contributed by atoms with E-state index in [9.17, 15) is 5.11 Å². The maximum atomic E-state index is 9.84. The highest BCUT2D eigenvalue weighted by atomic mass is 16.3. The van der Waals surface area contributed by atoms with Crippen molar-refractivity contribution in [3.63, 3.8) is 0 Å². The van der Waals surface area contributed by atoms with Crippen LogP contribution >= 0.6 is 0 Å². The molecule has 0 aliphatic rings. The predicted octanol–water partition coefficient (Wildman–Crippen LogP) is 1.77. The fourth-order valence-corrected chi connectivity index (χ4v) is 1.90. The van der Waals surface area contributed by atoms with Crippen LogP contribution in [0.4, 0.5) is 0 Å². The van der Waals surface area contributed by atoms with Gasteiger partial charge in [0.25, 0.3) is 0 Å². The number of hydrogen-bond donors (Lipinski definition) is 3. The van der Waals surface area contributed by atoms with Gasteiger partial charge in [-0.2, -0.15) is 0 Å². The van der Waals surface area contributed by atoms with Crippen LogP contribution in [-0.4, -0.2) is 23.4 Å². The summed E-state index contributed by atoms with van der Waals surface area (Å²) in [7, 11) is 0. The molecule has 4 N–H and O–H groups in total. The van der Waals surface area contributed by atoms with E-state index in [1.54, 1.807) is 0 Å². The van der Waals surface area contributed by atoms with Crippen molar-refractivity contribution in [1.29, 1.82) is 0 Å². The van der Waals surface area contributed by atoms with Crippen LogP contribution in [0.3, 0.4) is 0 Å². The zero-order valence-corrected chi connectivity index (χ0v) is 10.3. The molecule has 1 atom stereocenters. The molecule has 0 aliphatic heterocycles. The second kappa shape index (κ2) is 8.23. The topological polar surface area (TPSA) is 66.5 Å². The molecule has 1 unspecified atom stereocenters. The van der Waals surface area contributed by atoms with Crippen molar-refractivity contribution in [3.8, 4) is 0 Å². The van der Waals surface area contributed by atoms with Gasteiger partial charge in [0, 0.05) is 6.61 Å². The molecule has 0 fully saturated rings. The standard InChI is InChI=1S/C14H23NO2/c15-9-8-14(17)13-7-4-6-12(11-13)5-2-1-3-10-16/h4,6-7,11,14,16-17H,1-3,5,8-10,15H2. The van der Waals surface area contributed by atoms with Crippen LogP contribution in [0.5, 0.6) is 0 Å². The summed E-state index contributed by atoms with van der Waals surface area (Å²) in [6.45, 7) is 0.775. The summed E-state index contributed by atoms with van der Waals surface area (Å²) >= 11 is 0. The Labute approximate surface area is 103 Å². The molecule has 0 heterocycles. The van der Waals surface area contributed by atoms with Crippen LogP contribution in [0.2, 0.25) is 0 Å². The van der Waals surface area contributed by atoms with Gasteiger partial charge in [-0.25, -0.2) is 0 Å². The van der Waals surface area contributed by atoms with E-state index in [0.29, 0.717) is 13.0 Å². The highest BCUT2D eigenvalue weighted by Gasteiger charge is 2.06. The molecular weight excluding hydrogens is 214 g/mol. The molecule has 0 saturated carbocycles. The van der Waals surface area contributed by atoms with Crippen molar-refractivity contribution in [3.05, 3.63) is 35.4 Å². The average Bonchev–Trinajstić information content (AvgIpc) is 2.35. The third-order valence-electron chi connectivity index (χ3n) is 2.90. The number of unbranched alkanes of at least 4 members (excludes halogenated alkanes) is 2. The van der Waals surface area contributed by atoms with Crippen LogP contribution in [0.25, 0.3) is 0 Å². The smallest absolute Gasteiger partial charge is 0.0802 e. The first-order valence-electron chi connectivity index (χ1n) is 6.35. The highest BCUT2D eigenvalue weighted by molar-refractivity contribution is 5.25. The van der Waals surface area contributed by atoms with E-state index >= 15 is 0 Å². The number of aryl methyl sites for hydroxylation is 1. The molecule has 0 amide bonds. The second-order valence-electron chi connectivity index (χ2n) is 4.37. The van der Waals surface area contributed by atoms with Crippen molar-refractivity contribution >= 4 is 0 Å². The number of aliphatic hydroxyl groups excluding tert-OH is 2. The molecule has 17 heavy (non-hydrogen) atoms. The van der Waals surface area contributed by atoms with E-state index < -0.39 is 6.10 Å². The van der Waals surface area contributed by atoms with Crippen LogP contribution < -0.4 is 5.73 Å². The molecule has 0 bridgehead atoms. The Morgan fingerprint density at radius 1 is 1.18 bits per heavy atom. The van der Waals surface area contributed by atoms with Gasteiger partial charge in [-0.3, -0.25) is 0 Å². The number of rotatable bonds is 8. The Hall–Kier alpha value is -0.900. The number of aliphatic hydroxyl groups is 2. The Kier molecular flexibility index (Phi) is 6.86. The summed E-state index contributed by atoms with van der Waals surface area (Å²) in [5, 5.41) is 18.5. The van der Waals surface area contributed by atoms with Gasteiger partial charge in [0.05, 0.1) is 6.10 Å². The van der Waals surface area contributed by atoms with Gasteiger partial charge in [0.15, 0.2) is 0 Å². The molecule has 0 spiro atoms. The molecule has 0 saturated heterocycles. The molecule has 1 rings (SSSR count). The minimum atomic E-state index is -0.447. The number of nitrogens with two attached hydrogens (primary N) is 1. The lowest BCUT2D eigenvalue weighted by Crippen LogP contribution is -2.06. The van der Waals surface area contributed by atoms with Crippen LogP contribution in [-0.2, 0) is 6.42 Å². The minimum Gasteiger partial charge on any atom is -0.396 e. The van der Waals surface area contributed by atoms with Crippen molar-refractivity contribution in [2.24, 2.45) is 5.73 Å². The fraction of sp³-hybridized carbons (Fsp3) is 0.571. The first-order chi connectivity index (χ1) is 8.27. The van der Waals surface area contributed by atoms with Gasteiger partial charge in [0.2, 0.25) is 0 Å². The summed E-state index contributed by atoms with van der Waals surface area (Å²) in [5.41, 5.74) is 7.64. The second-order valence-corrected chi connectivity index (χ2v) is 4.37. The molecule has 0 radical (unpaired) electrons. The van der Waals surface area contributed by atoms with Crippen LogP contribution in [0.1, 0.15) is 42.9 Å².